The zero-order valence-corrected chi connectivity index (χ0v) is 11.5. The van der Waals surface area contributed by atoms with Gasteiger partial charge in [-0.3, -0.25) is 15.4 Å². The molecule has 0 heterocycles. The molecule has 5 nitrogen and oxygen atoms in total. The molecule has 100 valence electrons. The predicted octanol–water partition coefficient (Wildman–Crippen LogP) is 3.95. The van der Waals surface area contributed by atoms with E-state index in [0.29, 0.717) is 5.69 Å². The summed E-state index contributed by atoms with van der Waals surface area (Å²) in [6, 6.07) is 12.1. The molecule has 0 bridgehead atoms. The number of aryl methyl sites for hydroxylation is 1. The van der Waals surface area contributed by atoms with Gasteiger partial charge in [0.1, 0.15) is 0 Å². The van der Waals surface area contributed by atoms with Gasteiger partial charge in [-0.2, -0.15) is 5.26 Å². The molecule has 0 unspecified atom stereocenters. The van der Waals surface area contributed by atoms with Crippen molar-refractivity contribution in [2.75, 3.05) is 5.32 Å². The first-order chi connectivity index (χ1) is 9.60. The number of nitrogens with one attached hydrogen (secondary N) is 1. The lowest BCUT2D eigenvalue weighted by Crippen LogP contribution is -1.91. The van der Waals surface area contributed by atoms with Gasteiger partial charge in [0.05, 0.1) is 10.6 Å². The number of anilines is 1. The Hall–Kier alpha value is -2.52. The Bertz CT molecular complexity index is 695. The molecule has 0 spiro atoms. The van der Waals surface area contributed by atoms with Crippen LogP contribution in [0.5, 0.6) is 0 Å². The number of nitro groups is 1. The third kappa shape index (κ3) is 3.28. The van der Waals surface area contributed by atoms with Crippen molar-refractivity contribution < 1.29 is 4.92 Å². The van der Waals surface area contributed by atoms with Gasteiger partial charge >= 0.3 is 0 Å². The molecule has 2 aromatic rings. The Morgan fingerprint density at radius 2 is 2.10 bits per heavy atom. The maximum Gasteiger partial charge on any atom is 0.270 e. The predicted molar refractivity (Wildman–Crippen MR) is 77.6 cm³/mol. The molecule has 2 aromatic carbocycles. The Balaban J connectivity index is 2.34. The third-order valence-corrected chi connectivity index (χ3v) is 3.63. The van der Waals surface area contributed by atoms with Crippen molar-refractivity contribution in [1.29, 1.82) is 5.26 Å². The van der Waals surface area contributed by atoms with E-state index in [9.17, 15) is 10.1 Å². The van der Waals surface area contributed by atoms with Crippen LogP contribution in [-0.2, 0) is 0 Å². The highest BCUT2D eigenvalue weighted by atomic mass is 32.2. The molecular formula is C14H11N3O2S. The van der Waals surface area contributed by atoms with E-state index in [1.54, 1.807) is 12.1 Å². The van der Waals surface area contributed by atoms with Crippen molar-refractivity contribution in [2.45, 2.75) is 16.7 Å². The lowest BCUT2D eigenvalue weighted by molar-refractivity contribution is -0.385. The van der Waals surface area contributed by atoms with Gasteiger partial charge in [0.15, 0.2) is 6.19 Å². The van der Waals surface area contributed by atoms with Gasteiger partial charge in [0.2, 0.25) is 0 Å². The van der Waals surface area contributed by atoms with Crippen molar-refractivity contribution in [3.8, 4) is 6.19 Å². The van der Waals surface area contributed by atoms with Crippen LogP contribution in [0.4, 0.5) is 11.4 Å². The minimum absolute atomic E-state index is 0.0532. The molecule has 20 heavy (non-hydrogen) atoms. The smallest absolute Gasteiger partial charge is 0.270 e. The van der Waals surface area contributed by atoms with E-state index in [-0.39, 0.29) is 5.69 Å². The molecule has 0 fully saturated rings. The average molecular weight is 285 g/mol. The highest BCUT2D eigenvalue weighted by Gasteiger charge is 2.09. The van der Waals surface area contributed by atoms with E-state index in [1.807, 2.05) is 31.3 Å². The average Bonchev–Trinajstić information content (AvgIpc) is 2.42. The van der Waals surface area contributed by atoms with Gasteiger partial charge in [0, 0.05) is 21.9 Å². The molecule has 0 saturated carbocycles. The van der Waals surface area contributed by atoms with E-state index in [1.165, 1.54) is 23.9 Å². The Labute approximate surface area is 120 Å². The van der Waals surface area contributed by atoms with Crippen LogP contribution in [0.25, 0.3) is 0 Å². The summed E-state index contributed by atoms with van der Waals surface area (Å²) < 4.78 is 0. The highest BCUT2D eigenvalue weighted by molar-refractivity contribution is 7.99. The van der Waals surface area contributed by atoms with Gasteiger partial charge < -0.3 is 0 Å². The van der Waals surface area contributed by atoms with Crippen LogP contribution in [0.2, 0.25) is 0 Å². The van der Waals surface area contributed by atoms with Crippen LogP contribution in [0.1, 0.15) is 5.56 Å². The molecule has 1 N–H and O–H groups in total. The van der Waals surface area contributed by atoms with E-state index < -0.39 is 4.92 Å². The molecule has 0 radical (unpaired) electrons. The number of nitro benzene ring substituents is 1. The summed E-state index contributed by atoms with van der Waals surface area (Å²) in [4.78, 5) is 12.0. The molecule has 6 heteroatoms. The molecule has 0 aliphatic carbocycles. The number of non-ortho nitro benzene ring substituents is 1. The van der Waals surface area contributed by atoms with Crippen LogP contribution in [0, 0.1) is 28.5 Å². The van der Waals surface area contributed by atoms with E-state index >= 15 is 0 Å². The summed E-state index contributed by atoms with van der Waals surface area (Å²) in [6.07, 6.45) is 1.89. The Morgan fingerprint density at radius 3 is 2.80 bits per heavy atom. The number of nitriles is 1. The number of rotatable bonds is 4. The first-order valence-electron chi connectivity index (χ1n) is 5.78. The zero-order chi connectivity index (χ0) is 14.5. The lowest BCUT2D eigenvalue weighted by Gasteiger charge is -2.08. The Morgan fingerprint density at radius 1 is 1.30 bits per heavy atom. The third-order valence-electron chi connectivity index (χ3n) is 2.58. The maximum absolute atomic E-state index is 10.8. The van der Waals surface area contributed by atoms with Crippen molar-refractivity contribution in [3.63, 3.8) is 0 Å². The van der Waals surface area contributed by atoms with Gasteiger partial charge in [0.25, 0.3) is 5.69 Å². The summed E-state index contributed by atoms with van der Waals surface area (Å²) in [6.45, 7) is 1.95. The quantitative estimate of drug-likeness (QED) is 0.398. The minimum atomic E-state index is -0.422. The summed E-state index contributed by atoms with van der Waals surface area (Å²) in [5.41, 5.74) is 1.80. The van der Waals surface area contributed by atoms with Gasteiger partial charge in [-0.25, -0.2) is 0 Å². The van der Waals surface area contributed by atoms with Gasteiger partial charge in [-0.1, -0.05) is 23.9 Å². The molecule has 0 atom stereocenters. The number of hydrogen-bond acceptors (Lipinski definition) is 5. The second-order valence-electron chi connectivity index (χ2n) is 4.09. The molecule has 0 amide bonds. The number of hydrogen-bond donors (Lipinski definition) is 1. The molecular weight excluding hydrogens is 274 g/mol. The molecule has 0 aromatic heterocycles. The van der Waals surface area contributed by atoms with Crippen molar-refractivity contribution >= 4 is 23.1 Å². The second kappa shape index (κ2) is 6.08. The fourth-order valence-corrected chi connectivity index (χ4v) is 2.72. The van der Waals surface area contributed by atoms with E-state index in [0.717, 1.165) is 15.4 Å². The largest absolute Gasteiger partial charge is 0.292 e. The van der Waals surface area contributed by atoms with Crippen LogP contribution >= 0.6 is 11.8 Å². The second-order valence-corrected chi connectivity index (χ2v) is 5.21. The standard InChI is InChI=1S/C14H11N3O2S/c1-10-5-6-13(16-9-15)14(7-10)20-12-4-2-3-11(8-12)17(18)19/h2-8,16H,1H3. The van der Waals surface area contributed by atoms with E-state index in [2.05, 4.69) is 5.32 Å². The monoisotopic (exact) mass is 285 g/mol. The van der Waals surface area contributed by atoms with Crippen molar-refractivity contribution in [2.24, 2.45) is 0 Å². The van der Waals surface area contributed by atoms with Crippen LogP contribution in [-0.4, -0.2) is 4.92 Å². The van der Waals surface area contributed by atoms with Crippen molar-refractivity contribution in [3.05, 3.63) is 58.1 Å². The summed E-state index contributed by atoms with van der Waals surface area (Å²) in [5, 5.41) is 22.1. The molecule has 0 aliphatic heterocycles. The number of benzene rings is 2. The molecule has 0 aliphatic rings. The van der Waals surface area contributed by atoms with E-state index in [4.69, 9.17) is 5.26 Å². The number of nitrogens with zero attached hydrogens (tertiary/aromatic N) is 2. The summed E-state index contributed by atoms with van der Waals surface area (Å²) in [7, 11) is 0. The fraction of sp³-hybridized carbons (Fsp3) is 0.0714. The SMILES string of the molecule is Cc1ccc(NC#N)c(Sc2cccc([N+](=O)[O-])c2)c1. The molecule has 2 rings (SSSR count). The first-order valence-corrected chi connectivity index (χ1v) is 6.60. The first kappa shape index (κ1) is 13.9. The Kier molecular flexibility index (Phi) is 4.23. The van der Waals surface area contributed by atoms with Crippen LogP contribution < -0.4 is 5.32 Å². The zero-order valence-electron chi connectivity index (χ0n) is 10.7. The lowest BCUT2D eigenvalue weighted by atomic mass is 10.2. The van der Waals surface area contributed by atoms with Gasteiger partial charge in [-0.15, -0.1) is 0 Å². The topological polar surface area (TPSA) is 79.0 Å². The van der Waals surface area contributed by atoms with Crippen LogP contribution in [0.15, 0.2) is 52.3 Å². The van der Waals surface area contributed by atoms with Crippen LogP contribution in [0.3, 0.4) is 0 Å². The highest BCUT2D eigenvalue weighted by Crippen LogP contribution is 2.35. The molecule has 0 saturated heterocycles. The van der Waals surface area contributed by atoms with Gasteiger partial charge in [-0.05, 0) is 30.7 Å². The fourth-order valence-electron chi connectivity index (χ4n) is 1.67. The normalized spacial score (nSPS) is 9.80. The van der Waals surface area contributed by atoms with Crippen molar-refractivity contribution in [1.82, 2.24) is 0 Å². The maximum atomic E-state index is 10.8. The summed E-state index contributed by atoms with van der Waals surface area (Å²) in [5.74, 6) is 0. The summed E-state index contributed by atoms with van der Waals surface area (Å²) >= 11 is 1.38. The minimum Gasteiger partial charge on any atom is -0.292 e.